The van der Waals surface area contributed by atoms with Crippen molar-refractivity contribution in [2.75, 3.05) is 13.2 Å². The van der Waals surface area contributed by atoms with E-state index in [0.717, 1.165) is 6.42 Å². The van der Waals surface area contributed by atoms with E-state index in [0.29, 0.717) is 38.8 Å². The van der Waals surface area contributed by atoms with Gasteiger partial charge in [0.15, 0.2) is 5.78 Å². The van der Waals surface area contributed by atoms with Crippen molar-refractivity contribution < 1.29 is 19.4 Å². The van der Waals surface area contributed by atoms with Gasteiger partial charge in [0.2, 0.25) is 0 Å². The number of carbonyl (C=O) groups is 2. The van der Waals surface area contributed by atoms with Gasteiger partial charge in [-0.3, -0.25) is 9.59 Å². The molecule has 0 aliphatic heterocycles. The van der Waals surface area contributed by atoms with Crippen LogP contribution in [0.25, 0.3) is 0 Å². The molecule has 0 saturated carbocycles. The number of nitrogens with two attached hydrogens (primary N) is 2. The third-order valence-electron chi connectivity index (χ3n) is 3.35. The molecule has 0 radical (unpaired) electrons. The van der Waals surface area contributed by atoms with E-state index in [1.165, 1.54) is 0 Å². The van der Waals surface area contributed by atoms with Gasteiger partial charge in [-0.2, -0.15) is 0 Å². The molecule has 0 aromatic heterocycles. The molecule has 5 N–H and O–H groups in total. The molecule has 0 aromatic rings. The highest BCUT2D eigenvalue weighted by Crippen LogP contribution is 2.28. The summed E-state index contributed by atoms with van der Waals surface area (Å²) in [6.45, 7) is 4.53. The van der Waals surface area contributed by atoms with Crippen molar-refractivity contribution >= 4 is 11.8 Å². The van der Waals surface area contributed by atoms with Crippen LogP contribution in [0.4, 0.5) is 0 Å². The zero-order chi connectivity index (χ0) is 15.6. The smallest absolute Gasteiger partial charge is 0.305 e. The van der Waals surface area contributed by atoms with Gasteiger partial charge >= 0.3 is 5.97 Å². The summed E-state index contributed by atoms with van der Waals surface area (Å²) in [7, 11) is 0. The minimum Gasteiger partial charge on any atom is -0.481 e. The Morgan fingerprint density at radius 1 is 1.30 bits per heavy atom. The SMILES string of the molecule is CCCC(=O)C(CCCCN)(OCC)C(N)CC(=O)O. The highest BCUT2D eigenvalue weighted by molar-refractivity contribution is 5.89. The highest BCUT2D eigenvalue weighted by Gasteiger charge is 2.44. The van der Waals surface area contributed by atoms with Gasteiger partial charge in [0.05, 0.1) is 12.5 Å². The minimum atomic E-state index is -1.20. The zero-order valence-corrected chi connectivity index (χ0v) is 12.6. The van der Waals surface area contributed by atoms with Crippen LogP contribution in [0.5, 0.6) is 0 Å². The normalized spacial score (nSPS) is 15.6. The van der Waals surface area contributed by atoms with Crippen LogP contribution in [-0.4, -0.2) is 41.7 Å². The van der Waals surface area contributed by atoms with Gasteiger partial charge < -0.3 is 21.3 Å². The van der Waals surface area contributed by atoms with Crippen molar-refractivity contribution in [1.82, 2.24) is 0 Å². The van der Waals surface area contributed by atoms with E-state index in [4.69, 9.17) is 21.3 Å². The number of carbonyl (C=O) groups excluding carboxylic acids is 1. The second-order valence-corrected chi connectivity index (χ2v) is 4.95. The fourth-order valence-electron chi connectivity index (χ4n) is 2.37. The van der Waals surface area contributed by atoms with Crippen molar-refractivity contribution in [3.05, 3.63) is 0 Å². The van der Waals surface area contributed by atoms with Gasteiger partial charge in [-0.25, -0.2) is 0 Å². The van der Waals surface area contributed by atoms with Crippen LogP contribution in [0, 0.1) is 0 Å². The number of carboxylic acids is 1. The third-order valence-corrected chi connectivity index (χ3v) is 3.35. The van der Waals surface area contributed by atoms with Crippen molar-refractivity contribution in [2.45, 2.75) is 64.0 Å². The molecule has 0 heterocycles. The summed E-state index contributed by atoms with van der Waals surface area (Å²) in [6, 6.07) is -0.836. The Labute approximate surface area is 120 Å². The van der Waals surface area contributed by atoms with E-state index in [1.54, 1.807) is 6.92 Å². The number of ketones is 1. The van der Waals surface area contributed by atoms with E-state index < -0.39 is 17.6 Å². The Morgan fingerprint density at radius 2 is 1.95 bits per heavy atom. The van der Waals surface area contributed by atoms with E-state index in [1.807, 2.05) is 6.92 Å². The molecule has 0 aromatic carbocycles. The van der Waals surface area contributed by atoms with Crippen LogP contribution >= 0.6 is 0 Å². The molecule has 0 rings (SSSR count). The maximum absolute atomic E-state index is 12.4. The summed E-state index contributed by atoms with van der Waals surface area (Å²) in [6.07, 6.45) is 2.62. The Kier molecular flexibility index (Phi) is 9.37. The molecule has 6 heteroatoms. The lowest BCUT2D eigenvalue weighted by Gasteiger charge is -2.37. The number of ether oxygens (including phenoxy) is 1. The lowest BCUT2D eigenvalue weighted by Crippen LogP contribution is -2.56. The molecule has 2 unspecified atom stereocenters. The molecule has 2 atom stereocenters. The maximum Gasteiger partial charge on any atom is 0.305 e. The Morgan fingerprint density at radius 3 is 2.40 bits per heavy atom. The monoisotopic (exact) mass is 288 g/mol. The van der Waals surface area contributed by atoms with Gasteiger partial charge in [0, 0.05) is 13.0 Å². The minimum absolute atomic E-state index is 0.104. The number of hydrogen-bond acceptors (Lipinski definition) is 5. The molecule has 0 aliphatic carbocycles. The van der Waals surface area contributed by atoms with Crippen LogP contribution in [0.15, 0.2) is 0 Å². The Bertz CT molecular complexity index is 310. The van der Waals surface area contributed by atoms with Gasteiger partial charge in [0.1, 0.15) is 5.60 Å². The van der Waals surface area contributed by atoms with Crippen molar-refractivity contribution in [3.8, 4) is 0 Å². The number of Topliss-reactive ketones (excluding diaryl/α,β-unsaturated/α-hetero) is 1. The highest BCUT2D eigenvalue weighted by atomic mass is 16.5. The molecule has 0 aliphatic rings. The topological polar surface area (TPSA) is 116 Å². The first-order valence-corrected chi connectivity index (χ1v) is 7.29. The zero-order valence-electron chi connectivity index (χ0n) is 12.6. The molecule has 6 nitrogen and oxygen atoms in total. The summed E-state index contributed by atoms with van der Waals surface area (Å²) in [5.74, 6) is -1.13. The van der Waals surface area contributed by atoms with Gasteiger partial charge in [-0.15, -0.1) is 0 Å². The van der Waals surface area contributed by atoms with Crippen molar-refractivity contribution in [3.63, 3.8) is 0 Å². The Balaban J connectivity index is 5.18. The van der Waals surface area contributed by atoms with Crippen LogP contribution in [0.3, 0.4) is 0 Å². The largest absolute Gasteiger partial charge is 0.481 e. The summed E-state index contributed by atoms with van der Waals surface area (Å²) in [5.41, 5.74) is 10.3. The molecular weight excluding hydrogens is 260 g/mol. The van der Waals surface area contributed by atoms with Gasteiger partial charge in [-0.1, -0.05) is 6.92 Å². The first-order chi connectivity index (χ1) is 9.44. The molecule has 20 heavy (non-hydrogen) atoms. The summed E-state index contributed by atoms with van der Waals surface area (Å²) in [5, 5.41) is 8.93. The quantitative estimate of drug-likeness (QED) is 0.462. The Hall–Kier alpha value is -0.980. The number of carboxylic acid groups (broad SMARTS) is 1. The van der Waals surface area contributed by atoms with Crippen molar-refractivity contribution in [1.29, 1.82) is 0 Å². The molecule has 0 saturated heterocycles. The lowest BCUT2D eigenvalue weighted by atomic mass is 9.81. The summed E-state index contributed by atoms with van der Waals surface area (Å²) in [4.78, 5) is 23.3. The fourth-order valence-corrected chi connectivity index (χ4v) is 2.37. The fraction of sp³-hybridized carbons (Fsp3) is 0.857. The lowest BCUT2D eigenvalue weighted by molar-refractivity contribution is -0.152. The van der Waals surface area contributed by atoms with Crippen LogP contribution in [0.1, 0.15) is 52.4 Å². The van der Waals surface area contributed by atoms with E-state index in [9.17, 15) is 9.59 Å². The van der Waals surface area contributed by atoms with Crippen LogP contribution < -0.4 is 11.5 Å². The molecular formula is C14H28N2O4. The van der Waals surface area contributed by atoms with Crippen LogP contribution in [-0.2, 0) is 14.3 Å². The molecule has 0 spiro atoms. The maximum atomic E-state index is 12.4. The van der Waals surface area contributed by atoms with E-state index in [2.05, 4.69) is 0 Å². The molecule has 0 amide bonds. The summed E-state index contributed by atoms with van der Waals surface area (Å²) >= 11 is 0. The second-order valence-electron chi connectivity index (χ2n) is 4.95. The predicted octanol–water partition coefficient (Wildman–Crippen LogP) is 1.06. The van der Waals surface area contributed by atoms with Gasteiger partial charge in [0.25, 0.3) is 0 Å². The standard InChI is InChI=1S/C14H28N2O4/c1-3-7-12(17)14(20-4-2,8-5-6-9-15)11(16)10-13(18)19/h11H,3-10,15-16H2,1-2H3,(H,18,19). The number of hydrogen-bond donors (Lipinski definition) is 3. The van der Waals surface area contributed by atoms with Crippen LogP contribution in [0.2, 0.25) is 0 Å². The first kappa shape index (κ1) is 19.0. The summed E-state index contributed by atoms with van der Waals surface area (Å²) < 4.78 is 5.67. The average molecular weight is 288 g/mol. The number of aliphatic carboxylic acids is 1. The van der Waals surface area contributed by atoms with Gasteiger partial charge in [-0.05, 0) is 39.2 Å². The van der Waals surface area contributed by atoms with Crippen molar-refractivity contribution in [2.24, 2.45) is 11.5 Å². The molecule has 0 fully saturated rings. The number of unbranched alkanes of at least 4 members (excludes halogenated alkanes) is 1. The average Bonchev–Trinajstić information content (AvgIpc) is 2.37. The number of rotatable bonds is 12. The molecule has 0 bridgehead atoms. The van der Waals surface area contributed by atoms with E-state index >= 15 is 0 Å². The third kappa shape index (κ3) is 5.56. The predicted molar refractivity (Wildman–Crippen MR) is 77.4 cm³/mol. The second kappa shape index (κ2) is 9.85. The molecule has 118 valence electrons. The first-order valence-electron chi connectivity index (χ1n) is 7.29. The van der Waals surface area contributed by atoms with E-state index in [-0.39, 0.29) is 12.2 Å².